The van der Waals surface area contributed by atoms with Gasteiger partial charge in [0.2, 0.25) is 5.91 Å². The number of rotatable bonds is 5. The number of halogens is 2. The van der Waals surface area contributed by atoms with E-state index in [4.69, 9.17) is 11.6 Å². The Kier molecular flexibility index (Phi) is 4.57. The van der Waals surface area contributed by atoms with Crippen LogP contribution in [-0.4, -0.2) is 15.7 Å². The summed E-state index contributed by atoms with van der Waals surface area (Å²) in [5, 5.41) is 8.23. The van der Waals surface area contributed by atoms with Crippen LogP contribution in [0.15, 0.2) is 48.5 Å². The molecule has 2 aromatic carbocycles. The molecule has 1 heterocycles. The fraction of sp³-hybridized carbons (Fsp3) is 0.176. The van der Waals surface area contributed by atoms with Gasteiger partial charge in [0, 0.05) is 23.9 Å². The lowest BCUT2D eigenvalue weighted by Gasteiger charge is -2.07. The third kappa shape index (κ3) is 3.51. The third-order valence-electron chi connectivity index (χ3n) is 3.60. The molecular formula is C17H15ClFN3O. The number of aromatic nitrogens is 2. The molecule has 0 fully saturated rings. The van der Waals surface area contributed by atoms with E-state index in [1.807, 2.05) is 24.3 Å². The molecule has 0 bridgehead atoms. The quantitative estimate of drug-likeness (QED) is 0.777. The zero-order chi connectivity index (χ0) is 16.2. The Bertz CT molecular complexity index is 847. The molecule has 3 rings (SSSR count). The van der Waals surface area contributed by atoms with Gasteiger partial charge in [0.25, 0.3) is 0 Å². The lowest BCUT2D eigenvalue weighted by atomic mass is 10.2. The van der Waals surface area contributed by atoms with Crippen molar-refractivity contribution in [2.24, 2.45) is 0 Å². The van der Waals surface area contributed by atoms with Crippen LogP contribution in [0.25, 0.3) is 10.9 Å². The molecule has 0 aliphatic carbocycles. The number of hydrogen-bond donors (Lipinski definition) is 1. The zero-order valence-electron chi connectivity index (χ0n) is 12.3. The molecule has 1 N–H and O–H groups in total. The average molecular weight is 332 g/mol. The van der Waals surface area contributed by atoms with E-state index in [-0.39, 0.29) is 24.7 Å². The summed E-state index contributed by atoms with van der Waals surface area (Å²) < 4.78 is 15.2. The van der Waals surface area contributed by atoms with Crippen molar-refractivity contribution < 1.29 is 9.18 Å². The minimum atomic E-state index is -0.322. The van der Waals surface area contributed by atoms with Crippen LogP contribution >= 0.6 is 11.6 Å². The maximum absolute atomic E-state index is 13.5. The molecule has 118 valence electrons. The number of nitrogens with zero attached hydrogens (tertiary/aromatic N) is 2. The number of para-hydroxylation sites is 1. The summed E-state index contributed by atoms with van der Waals surface area (Å²) in [4.78, 5) is 11.9. The van der Waals surface area contributed by atoms with Gasteiger partial charge in [-0.05, 0) is 18.2 Å². The first-order valence-corrected chi connectivity index (χ1v) is 7.64. The van der Waals surface area contributed by atoms with Gasteiger partial charge in [0.1, 0.15) is 5.82 Å². The van der Waals surface area contributed by atoms with Crippen molar-refractivity contribution >= 4 is 28.4 Å². The average Bonchev–Trinajstić information content (AvgIpc) is 2.89. The van der Waals surface area contributed by atoms with Crippen LogP contribution in [0.5, 0.6) is 0 Å². The van der Waals surface area contributed by atoms with Crippen molar-refractivity contribution in [3.63, 3.8) is 0 Å². The standard InChI is InChI=1S/C17H15ClFN3O/c18-17-13-6-2-4-8-15(13)22(21-17)10-9-16(23)20-11-12-5-1-3-7-14(12)19/h1-8H,9-11H2,(H,20,23). The Morgan fingerprint density at radius 3 is 2.74 bits per heavy atom. The maximum Gasteiger partial charge on any atom is 0.222 e. The van der Waals surface area contributed by atoms with E-state index >= 15 is 0 Å². The fourth-order valence-electron chi connectivity index (χ4n) is 2.39. The first-order valence-electron chi connectivity index (χ1n) is 7.26. The molecule has 0 radical (unpaired) electrons. The highest BCUT2D eigenvalue weighted by Gasteiger charge is 2.10. The molecule has 0 aliphatic heterocycles. The number of hydrogen-bond acceptors (Lipinski definition) is 2. The van der Waals surface area contributed by atoms with Crippen molar-refractivity contribution in [2.45, 2.75) is 19.5 Å². The van der Waals surface area contributed by atoms with Gasteiger partial charge in [-0.15, -0.1) is 0 Å². The molecule has 0 spiro atoms. The van der Waals surface area contributed by atoms with E-state index in [1.165, 1.54) is 6.07 Å². The molecular weight excluding hydrogens is 317 g/mol. The smallest absolute Gasteiger partial charge is 0.222 e. The summed E-state index contributed by atoms with van der Waals surface area (Å²) in [5.74, 6) is -0.485. The number of aryl methyl sites for hydroxylation is 1. The van der Waals surface area contributed by atoms with E-state index in [0.717, 1.165) is 10.9 Å². The van der Waals surface area contributed by atoms with Gasteiger partial charge in [-0.2, -0.15) is 5.10 Å². The largest absolute Gasteiger partial charge is 0.352 e. The van der Waals surface area contributed by atoms with Crippen LogP contribution in [-0.2, 0) is 17.9 Å². The molecule has 0 unspecified atom stereocenters. The molecule has 0 saturated carbocycles. The van der Waals surface area contributed by atoms with Crippen LogP contribution in [0.3, 0.4) is 0 Å². The van der Waals surface area contributed by atoms with Crippen LogP contribution in [0.1, 0.15) is 12.0 Å². The summed E-state index contributed by atoms with van der Waals surface area (Å²) in [6.45, 7) is 0.586. The summed E-state index contributed by atoms with van der Waals surface area (Å²) in [7, 11) is 0. The zero-order valence-corrected chi connectivity index (χ0v) is 13.1. The minimum absolute atomic E-state index is 0.163. The molecule has 0 atom stereocenters. The summed E-state index contributed by atoms with van der Waals surface area (Å²) in [5.41, 5.74) is 1.35. The molecule has 1 amide bonds. The number of nitrogens with one attached hydrogen (secondary N) is 1. The first kappa shape index (κ1) is 15.5. The second kappa shape index (κ2) is 6.79. The van der Waals surface area contributed by atoms with Crippen molar-refractivity contribution in [1.29, 1.82) is 0 Å². The van der Waals surface area contributed by atoms with Crippen molar-refractivity contribution in [2.75, 3.05) is 0 Å². The number of benzene rings is 2. The maximum atomic E-state index is 13.5. The third-order valence-corrected chi connectivity index (χ3v) is 3.88. The summed E-state index contributed by atoms with van der Waals surface area (Å²) in [6, 6.07) is 14.0. The molecule has 3 aromatic rings. The van der Waals surface area contributed by atoms with Crippen molar-refractivity contribution in [3.8, 4) is 0 Å². The lowest BCUT2D eigenvalue weighted by Crippen LogP contribution is -2.24. The van der Waals surface area contributed by atoms with Gasteiger partial charge in [0.05, 0.1) is 12.1 Å². The van der Waals surface area contributed by atoms with Crippen LogP contribution in [0, 0.1) is 5.82 Å². The highest BCUT2D eigenvalue weighted by Crippen LogP contribution is 2.22. The molecule has 0 aliphatic rings. The van der Waals surface area contributed by atoms with Crippen LogP contribution in [0.2, 0.25) is 5.15 Å². The van der Waals surface area contributed by atoms with Gasteiger partial charge < -0.3 is 5.32 Å². The van der Waals surface area contributed by atoms with E-state index in [1.54, 1.807) is 22.9 Å². The second-order valence-electron chi connectivity index (χ2n) is 5.15. The normalized spacial score (nSPS) is 10.9. The van der Waals surface area contributed by atoms with E-state index in [9.17, 15) is 9.18 Å². The molecule has 0 saturated heterocycles. The Morgan fingerprint density at radius 2 is 1.91 bits per heavy atom. The predicted octanol–water partition coefficient (Wildman–Crippen LogP) is 3.54. The predicted molar refractivity (Wildman–Crippen MR) is 87.6 cm³/mol. The Labute approximate surface area is 137 Å². The Balaban J connectivity index is 1.59. The van der Waals surface area contributed by atoms with Gasteiger partial charge in [-0.25, -0.2) is 4.39 Å². The van der Waals surface area contributed by atoms with Gasteiger partial charge in [-0.3, -0.25) is 9.48 Å². The molecule has 6 heteroatoms. The second-order valence-corrected chi connectivity index (χ2v) is 5.51. The highest BCUT2D eigenvalue weighted by molar-refractivity contribution is 6.34. The molecule has 4 nitrogen and oxygen atoms in total. The molecule has 23 heavy (non-hydrogen) atoms. The Morgan fingerprint density at radius 1 is 1.17 bits per heavy atom. The first-order chi connectivity index (χ1) is 11.1. The number of carbonyl (C=O) groups is 1. The highest BCUT2D eigenvalue weighted by atomic mass is 35.5. The summed E-state index contributed by atoms with van der Waals surface area (Å²) in [6.07, 6.45) is 0.246. The number of amides is 1. The monoisotopic (exact) mass is 331 g/mol. The molecule has 1 aromatic heterocycles. The summed E-state index contributed by atoms with van der Waals surface area (Å²) >= 11 is 6.08. The van der Waals surface area contributed by atoms with Crippen molar-refractivity contribution in [3.05, 3.63) is 65.1 Å². The van der Waals surface area contributed by atoms with Gasteiger partial charge in [-0.1, -0.05) is 41.9 Å². The topological polar surface area (TPSA) is 46.9 Å². The number of fused-ring (bicyclic) bond motifs is 1. The van der Waals surface area contributed by atoms with Crippen molar-refractivity contribution in [1.82, 2.24) is 15.1 Å². The fourth-order valence-corrected chi connectivity index (χ4v) is 2.64. The van der Waals surface area contributed by atoms with Gasteiger partial charge in [0.15, 0.2) is 5.15 Å². The minimum Gasteiger partial charge on any atom is -0.352 e. The number of carbonyl (C=O) groups excluding carboxylic acids is 1. The van der Waals surface area contributed by atoms with Crippen LogP contribution in [0.4, 0.5) is 4.39 Å². The van der Waals surface area contributed by atoms with Crippen LogP contribution < -0.4 is 5.32 Å². The van der Waals surface area contributed by atoms with E-state index in [2.05, 4.69) is 10.4 Å². The Hall–Kier alpha value is -2.40. The lowest BCUT2D eigenvalue weighted by molar-refractivity contribution is -0.121. The SMILES string of the molecule is O=C(CCn1nc(Cl)c2ccccc21)NCc1ccccc1F. The van der Waals surface area contributed by atoms with Gasteiger partial charge >= 0.3 is 0 Å². The van der Waals surface area contributed by atoms with E-state index in [0.29, 0.717) is 17.3 Å². The van der Waals surface area contributed by atoms with E-state index < -0.39 is 0 Å².